The molecule has 1 aliphatic carbocycles. The Labute approximate surface area is 744 Å². The molecule has 5 aromatic rings. The molecule has 127 heavy (non-hydrogen) atoms. The first-order chi connectivity index (χ1) is 61.3. The van der Waals surface area contributed by atoms with Crippen LogP contribution in [0.5, 0.6) is 0 Å². The predicted molar refractivity (Wildman–Crippen MR) is 470 cm³/mol. The number of benzene rings is 2. The van der Waals surface area contributed by atoms with E-state index in [2.05, 4.69) is 43.7 Å². The highest BCUT2D eigenvalue weighted by atomic mass is 16.6. The number of fused-ring (bicyclic) bond motifs is 6. The van der Waals surface area contributed by atoms with Gasteiger partial charge in [-0.25, -0.2) is 19.3 Å². The van der Waals surface area contributed by atoms with Gasteiger partial charge in [0.15, 0.2) is 11.4 Å². The zero-order chi connectivity index (χ0) is 90.9. The molecule has 702 valence electrons. The molecular formula is C93H137N10O24+. The van der Waals surface area contributed by atoms with Crippen molar-refractivity contribution in [3.63, 3.8) is 0 Å². The lowest BCUT2D eigenvalue weighted by atomic mass is 9.78. The molecule has 1 saturated carbocycles. The van der Waals surface area contributed by atoms with Crippen molar-refractivity contribution in [3.05, 3.63) is 107 Å². The lowest BCUT2D eigenvalue weighted by Crippen LogP contribution is -2.61. The van der Waals surface area contributed by atoms with E-state index in [1.54, 1.807) is 47.4 Å². The van der Waals surface area contributed by atoms with Crippen LogP contribution in [-0.4, -0.2) is 288 Å². The fraction of sp³-hybridized carbons (Fsp3) is 0.656. The Morgan fingerprint density at radius 3 is 2.07 bits per heavy atom. The van der Waals surface area contributed by atoms with Crippen molar-refractivity contribution < 1.29 is 119 Å². The van der Waals surface area contributed by atoms with E-state index in [0.717, 1.165) is 34.4 Å². The second kappa shape index (κ2) is 51.1. The normalized spacial score (nSPS) is 27.6. The Morgan fingerprint density at radius 1 is 0.724 bits per heavy atom. The smallest absolute Gasteiger partial charge is 0.407 e. The second-order valence-electron chi connectivity index (χ2n) is 34.2. The summed E-state index contributed by atoms with van der Waals surface area (Å²) in [6.45, 7) is 20.6. The number of carbonyl (C=O) groups is 6. The van der Waals surface area contributed by atoms with Gasteiger partial charge in [0.2, 0.25) is 23.8 Å². The van der Waals surface area contributed by atoms with E-state index in [1.165, 1.54) is 17.6 Å². The number of ether oxygens (including phenoxy) is 14. The van der Waals surface area contributed by atoms with E-state index < -0.39 is 102 Å². The van der Waals surface area contributed by atoms with Crippen LogP contribution in [0.4, 0.5) is 16.6 Å². The van der Waals surface area contributed by atoms with Crippen molar-refractivity contribution in [2.24, 2.45) is 35.5 Å². The molecule has 4 aliphatic heterocycles. The van der Waals surface area contributed by atoms with Crippen LogP contribution < -0.4 is 21.4 Å². The molecule has 3 fully saturated rings. The fourth-order valence-electron chi connectivity index (χ4n) is 17.3. The number of carbonyl (C=O) groups excluding carboxylic acids is 6. The number of nitrogens with zero attached hydrogens (tertiary/aromatic N) is 6. The fourth-order valence-corrected chi connectivity index (χ4v) is 17.3. The Morgan fingerprint density at radius 2 is 1.40 bits per heavy atom. The number of anilines is 2. The summed E-state index contributed by atoms with van der Waals surface area (Å²) >= 11 is 0. The van der Waals surface area contributed by atoms with Crippen molar-refractivity contribution in [3.8, 4) is 11.3 Å². The molecule has 5 aliphatic rings. The third-order valence-electron chi connectivity index (χ3n) is 24.8. The topological polar surface area (TPSA) is 434 Å². The van der Waals surface area contributed by atoms with E-state index in [0.29, 0.717) is 216 Å². The summed E-state index contributed by atoms with van der Waals surface area (Å²) in [6, 6.07) is 10.8. The zero-order valence-electron chi connectivity index (χ0n) is 75.7. The van der Waals surface area contributed by atoms with E-state index in [9.17, 15) is 44.1 Å². The predicted octanol–water partition coefficient (Wildman–Crippen LogP) is 8.39. The highest BCUT2D eigenvalue weighted by Gasteiger charge is 2.53. The molecule has 34 heteroatoms. The van der Waals surface area contributed by atoms with Crippen molar-refractivity contribution in [1.29, 1.82) is 0 Å². The van der Waals surface area contributed by atoms with Crippen LogP contribution in [0.3, 0.4) is 0 Å². The molecule has 3 amide bonds. The van der Waals surface area contributed by atoms with E-state index >= 15 is 0 Å². The number of aromatic amines is 1. The number of hydrogen-bond donors (Lipinski definition) is 7. The van der Waals surface area contributed by atoms with Crippen LogP contribution in [0.2, 0.25) is 0 Å². The van der Waals surface area contributed by atoms with Gasteiger partial charge in [0.1, 0.15) is 41.4 Å². The molecule has 0 radical (unpaired) electrons. The molecular weight excluding hydrogens is 1640 g/mol. The van der Waals surface area contributed by atoms with E-state index in [1.807, 2.05) is 85.7 Å². The first kappa shape index (κ1) is 101. The second-order valence-corrected chi connectivity index (χ2v) is 34.2. The van der Waals surface area contributed by atoms with Crippen LogP contribution in [0.15, 0.2) is 94.7 Å². The van der Waals surface area contributed by atoms with Gasteiger partial charge in [-0.3, -0.25) is 19.2 Å². The molecule has 34 nitrogen and oxygen atoms in total. The number of oxazole rings is 1. The van der Waals surface area contributed by atoms with E-state index in [4.69, 9.17) is 82.2 Å². The molecule has 9 N–H and O–H groups in total. The average Bonchev–Trinajstić information content (AvgIpc) is 1.68. The van der Waals surface area contributed by atoms with Gasteiger partial charge in [-0.15, -0.1) is 0 Å². The molecule has 3 aromatic heterocycles. The Hall–Kier alpha value is -8.56. The number of allylic oxidation sites excluding steroid dienone is 5. The number of amides is 3. The van der Waals surface area contributed by atoms with Crippen molar-refractivity contribution >= 4 is 69.4 Å². The SMILES string of the molecule is CO[C@H]1C[C@@H]2CC[C@@H](C)[C@@](O)(O2)C(=O)C(=O)N2CCCC[C@H]2C(=O)O[C@H]([C@H](C)C[C@@H]2CC[C@@H](OC(=O)NCCOCCOCCOCCOCCOCCOCCOCCOCCC(=O)N3CCc4cc(C[n+]5cnc(N)c6c(-c7ccc8oc(N)nc8c7)[nH]nc65)ccc4C3)[C@H](OC)C2)C[C@@H](O)[C@H](C)/C=C(\C)[C@@H](O)[C@@H](OC)C(=O)[C@H](C)C[C@H](C)/C=C/C=C/C=C/1C. The lowest BCUT2D eigenvalue weighted by Gasteiger charge is -2.43. The number of H-pyrrole nitrogens is 1. The first-order valence-electron chi connectivity index (χ1n) is 45.0. The number of nitrogen functional groups attached to an aromatic ring is 2. The molecule has 10 rings (SSSR count). The number of alkyl carbamates (subject to hydrolysis) is 1. The maximum atomic E-state index is 14.8. The van der Waals surface area contributed by atoms with Crippen molar-refractivity contribution in [1.82, 2.24) is 35.3 Å². The number of aliphatic hydroxyl groups excluding tert-OH is 2. The monoisotopic (exact) mass is 1780 g/mol. The summed E-state index contributed by atoms with van der Waals surface area (Å²) in [5.74, 6) is -7.52. The quantitative estimate of drug-likeness (QED) is 0.00645. The Bertz CT molecular complexity index is 4460. The van der Waals surface area contributed by atoms with Gasteiger partial charge in [-0.1, -0.05) is 94.3 Å². The third-order valence-corrected chi connectivity index (χ3v) is 24.8. The summed E-state index contributed by atoms with van der Waals surface area (Å²) < 4.78 is 88.6. The molecule has 2 saturated heterocycles. The van der Waals surface area contributed by atoms with Gasteiger partial charge in [-0.05, 0) is 153 Å². The van der Waals surface area contributed by atoms with Gasteiger partial charge in [0.05, 0.1) is 149 Å². The molecule has 7 heterocycles. The standard InChI is InChI=1S/C93H136N10O24/c1-59-16-12-11-13-17-60(2)77(113-8)54-71-24-19-65(7)93(112,127-71)86(108)89(109)103-30-15-14-18-73(103)90(110)124-78(55-74(104)61(3)49-64(6)84(107)85(115-10)83(106)63(5)48-59)62(4)50-66-21-25-76(79(52-66)114-9)126-92(111)96-29-33-117-35-37-119-39-41-121-43-45-123-47-46-122-44-42-120-40-38-118-36-34-116-32-28-80(105)101-31-27-68-51-67(20-22-70(68)57-101)56-102-58-97-87(94)81-82(99-100-88(81)102)69-23-26-75-72(53-69)98-91(95)125-75/h11-13,16-17,20,22-23,26,49,51,53,58-59,61-63,65-66,71,73-74,76-79,84-85,104,107,112H,14-15,18-19,21,24-25,27-48,50,52,54-57H2,1-10H3,(H5,94,95,96,98,99,100,111)/p+1/b13-11+,16-12+,60-17+,64-49+/t59-,61-,62-,63-,65-,66+,71+,73+,74-,76-,77+,78+,79-,84-,85+,93-/m1/s1. The molecule has 2 aromatic carbocycles. The van der Waals surface area contributed by atoms with Crippen LogP contribution in [0, 0.1) is 35.5 Å². The average molecular weight is 1780 g/mol. The van der Waals surface area contributed by atoms with Gasteiger partial charge in [-0.2, -0.15) is 4.98 Å². The number of aliphatic hydroxyl groups is 3. The lowest BCUT2D eigenvalue weighted by molar-refractivity contribution is -0.667. The number of ketones is 2. The molecule has 2 bridgehead atoms. The minimum Gasteiger partial charge on any atom is -0.460 e. The Balaban J connectivity index is 0.551. The molecule has 0 spiro atoms. The number of methoxy groups -OCH3 is 3. The minimum atomic E-state index is -2.47. The third kappa shape index (κ3) is 29.5. The summed E-state index contributed by atoms with van der Waals surface area (Å²) in [5.41, 5.74) is 20.3. The number of cyclic esters (lactones) is 1. The van der Waals surface area contributed by atoms with Gasteiger partial charge in [0, 0.05) is 83.7 Å². The Kier molecular flexibility index (Phi) is 40.5. The van der Waals surface area contributed by atoms with Crippen LogP contribution >= 0.6 is 0 Å². The number of rotatable bonds is 37. The minimum absolute atomic E-state index is 0.00512. The number of nitrogens with two attached hydrogens (primary N) is 2. The van der Waals surface area contributed by atoms with Crippen LogP contribution in [-0.2, 0) is 110 Å². The summed E-state index contributed by atoms with van der Waals surface area (Å²) in [6.07, 6.45) is 11.7. The van der Waals surface area contributed by atoms with Gasteiger partial charge < -0.3 is 113 Å². The van der Waals surface area contributed by atoms with Crippen molar-refractivity contribution in [2.75, 3.05) is 158 Å². The largest absolute Gasteiger partial charge is 0.460 e. The van der Waals surface area contributed by atoms with Gasteiger partial charge in [0.25, 0.3) is 17.7 Å². The molecule has 0 unspecified atom stereocenters. The van der Waals surface area contributed by atoms with Gasteiger partial charge >= 0.3 is 17.7 Å². The molecule has 16 atom stereocenters. The number of aromatic nitrogens is 5. The zero-order valence-corrected chi connectivity index (χ0v) is 75.7. The van der Waals surface area contributed by atoms with Crippen LogP contribution in [0.25, 0.3) is 33.4 Å². The van der Waals surface area contributed by atoms with Crippen LogP contribution in [0.1, 0.15) is 149 Å². The summed E-state index contributed by atoms with van der Waals surface area (Å²) in [5, 5.41) is 47.1. The highest BCUT2D eigenvalue weighted by Crippen LogP contribution is 2.40. The maximum Gasteiger partial charge on any atom is 0.407 e. The first-order valence-corrected chi connectivity index (χ1v) is 45.0. The number of Topliss-reactive ketones (excluding diaryl/α,β-unsaturated/α-hetero) is 2. The summed E-state index contributed by atoms with van der Waals surface area (Å²) in [4.78, 5) is 95.9. The summed E-state index contributed by atoms with van der Waals surface area (Å²) in [7, 11) is 4.52. The number of esters is 1. The number of hydrogen-bond acceptors (Lipinski definition) is 29. The maximum absolute atomic E-state index is 14.8. The number of nitrogens with one attached hydrogen (secondary N) is 2. The van der Waals surface area contributed by atoms with Crippen molar-refractivity contribution in [2.45, 2.75) is 212 Å². The van der Waals surface area contributed by atoms with E-state index in [-0.39, 0.29) is 74.4 Å². The highest BCUT2D eigenvalue weighted by molar-refractivity contribution is 6.39. The number of piperidine rings is 1.